The van der Waals surface area contributed by atoms with Gasteiger partial charge in [0, 0.05) is 6.08 Å². The lowest BCUT2D eigenvalue weighted by molar-refractivity contribution is -0.137. The number of rotatable bonds is 6. The standard InChI is InChI=1S/C17H14ClF3N2O3/c18-14-5-3-11(8-13(14)17(19,20)21)4-6-15(24)23-10-16(25)22-9-12-2-1-7-26-12/h1-8H,9-10H2,(H,22,25)(H,23,24)/b6-4+. The highest BCUT2D eigenvalue weighted by atomic mass is 35.5. The van der Waals surface area contributed by atoms with Crippen LogP contribution in [0.4, 0.5) is 13.2 Å². The van der Waals surface area contributed by atoms with E-state index in [-0.39, 0.29) is 18.7 Å². The molecule has 0 saturated heterocycles. The van der Waals surface area contributed by atoms with Crippen LogP contribution < -0.4 is 10.6 Å². The summed E-state index contributed by atoms with van der Waals surface area (Å²) in [6.45, 7) is -0.0964. The molecule has 1 aromatic carbocycles. The van der Waals surface area contributed by atoms with Gasteiger partial charge in [0.2, 0.25) is 11.8 Å². The zero-order chi connectivity index (χ0) is 19.2. The molecule has 0 saturated carbocycles. The molecule has 2 rings (SSSR count). The smallest absolute Gasteiger partial charge is 0.417 e. The van der Waals surface area contributed by atoms with Gasteiger partial charge in [0.15, 0.2) is 0 Å². The Kier molecular flexibility index (Phi) is 6.46. The highest BCUT2D eigenvalue weighted by Gasteiger charge is 2.33. The first-order valence-electron chi connectivity index (χ1n) is 7.37. The molecule has 0 aliphatic heterocycles. The van der Waals surface area contributed by atoms with Crippen molar-refractivity contribution in [1.82, 2.24) is 10.6 Å². The zero-order valence-electron chi connectivity index (χ0n) is 13.3. The van der Waals surface area contributed by atoms with Crippen LogP contribution in [-0.2, 0) is 22.3 Å². The van der Waals surface area contributed by atoms with Gasteiger partial charge in [0.05, 0.1) is 29.9 Å². The summed E-state index contributed by atoms with van der Waals surface area (Å²) < 4.78 is 43.4. The highest BCUT2D eigenvalue weighted by molar-refractivity contribution is 6.31. The van der Waals surface area contributed by atoms with E-state index in [0.29, 0.717) is 5.76 Å². The Morgan fingerprint density at radius 3 is 2.62 bits per heavy atom. The fourth-order valence-electron chi connectivity index (χ4n) is 1.92. The number of nitrogens with one attached hydrogen (secondary N) is 2. The van der Waals surface area contributed by atoms with Crippen LogP contribution in [0.5, 0.6) is 0 Å². The van der Waals surface area contributed by atoms with Gasteiger partial charge in [-0.1, -0.05) is 17.7 Å². The summed E-state index contributed by atoms with van der Waals surface area (Å²) in [4.78, 5) is 23.2. The minimum absolute atomic E-state index is 0.152. The quantitative estimate of drug-likeness (QED) is 0.747. The Morgan fingerprint density at radius 1 is 1.19 bits per heavy atom. The number of carbonyl (C=O) groups excluding carboxylic acids is 2. The normalized spacial score (nSPS) is 11.5. The van der Waals surface area contributed by atoms with E-state index in [9.17, 15) is 22.8 Å². The SMILES string of the molecule is O=C(/C=C/c1ccc(Cl)c(C(F)(F)F)c1)NCC(=O)NCc1ccco1. The number of carbonyl (C=O) groups is 2. The molecule has 2 amide bonds. The van der Waals surface area contributed by atoms with Crippen molar-refractivity contribution in [1.29, 1.82) is 0 Å². The molecule has 0 atom stereocenters. The van der Waals surface area contributed by atoms with Crippen molar-refractivity contribution in [2.45, 2.75) is 12.7 Å². The molecule has 0 unspecified atom stereocenters. The number of amides is 2. The Labute approximate surface area is 151 Å². The van der Waals surface area contributed by atoms with Gasteiger partial charge >= 0.3 is 6.18 Å². The van der Waals surface area contributed by atoms with Crippen molar-refractivity contribution in [2.24, 2.45) is 0 Å². The van der Waals surface area contributed by atoms with Crippen molar-refractivity contribution < 1.29 is 27.2 Å². The van der Waals surface area contributed by atoms with E-state index in [1.807, 2.05) is 0 Å². The molecule has 0 fully saturated rings. The lowest BCUT2D eigenvalue weighted by Crippen LogP contribution is -2.35. The second kappa shape index (κ2) is 8.57. The van der Waals surface area contributed by atoms with Crippen molar-refractivity contribution in [3.05, 3.63) is 64.6 Å². The van der Waals surface area contributed by atoms with E-state index in [1.54, 1.807) is 12.1 Å². The molecule has 2 aromatic rings. The van der Waals surface area contributed by atoms with Crippen molar-refractivity contribution in [3.8, 4) is 0 Å². The molecule has 0 spiro atoms. The van der Waals surface area contributed by atoms with Gasteiger partial charge in [-0.05, 0) is 35.9 Å². The molecule has 0 bridgehead atoms. The maximum absolute atomic E-state index is 12.8. The Morgan fingerprint density at radius 2 is 1.96 bits per heavy atom. The molecule has 138 valence electrons. The maximum Gasteiger partial charge on any atom is 0.417 e. The Hall–Kier alpha value is -2.74. The van der Waals surface area contributed by atoms with Crippen molar-refractivity contribution >= 4 is 29.5 Å². The van der Waals surface area contributed by atoms with Gasteiger partial charge < -0.3 is 15.1 Å². The lowest BCUT2D eigenvalue weighted by Gasteiger charge is -2.09. The van der Waals surface area contributed by atoms with E-state index in [0.717, 1.165) is 18.2 Å². The lowest BCUT2D eigenvalue weighted by atomic mass is 10.1. The topological polar surface area (TPSA) is 71.3 Å². The molecule has 2 N–H and O–H groups in total. The van der Waals surface area contributed by atoms with Gasteiger partial charge in [0.25, 0.3) is 0 Å². The minimum atomic E-state index is -4.59. The first-order valence-corrected chi connectivity index (χ1v) is 7.75. The molecule has 9 heteroatoms. The monoisotopic (exact) mass is 386 g/mol. The average Bonchev–Trinajstić information content (AvgIpc) is 3.10. The summed E-state index contributed by atoms with van der Waals surface area (Å²) in [5.41, 5.74) is -0.835. The first-order chi connectivity index (χ1) is 12.3. The third kappa shape index (κ3) is 5.96. The first kappa shape index (κ1) is 19.6. The van der Waals surface area contributed by atoms with Crippen LogP contribution in [0, 0.1) is 0 Å². The van der Waals surface area contributed by atoms with Crippen LogP contribution in [0.3, 0.4) is 0 Å². The van der Waals surface area contributed by atoms with E-state index >= 15 is 0 Å². The van der Waals surface area contributed by atoms with Crippen LogP contribution in [-0.4, -0.2) is 18.4 Å². The molecule has 0 aliphatic rings. The van der Waals surface area contributed by atoms with Gasteiger partial charge in [-0.25, -0.2) is 0 Å². The summed E-state index contributed by atoms with van der Waals surface area (Å²) in [6.07, 6.45) is -0.894. The van der Waals surface area contributed by atoms with Crippen LogP contribution in [0.2, 0.25) is 5.02 Å². The van der Waals surface area contributed by atoms with Crippen LogP contribution in [0.25, 0.3) is 6.08 Å². The van der Waals surface area contributed by atoms with Crippen molar-refractivity contribution in [2.75, 3.05) is 6.54 Å². The molecule has 5 nitrogen and oxygen atoms in total. The number of benzene rings is 1. The van der Waals surface area contributed by atoms with Crippen LogP contribution in [0.1, 0.15) is 16.9 Å². The summed E-state index contributed by atoms with van der Waals surface area (Å²) >= 11 is 5.52. The third-order valence-electron chi connectivity index (χ3n) is 3.19. The molecule has 1 heterocycles. The second-order valence-electron chi connectivity index (χ2n) is 5.14. The Bertz CT molecular complexity index is 802. The summed E-state index contributed by atoms with van der Waals surface area (Å²) in [5, 5.41) is 4.43. The number of hydrogen-bond acceptors (Lipinski definition) is 3. The zero-order valence-corrected chi connectivity index (χ0v) is 14.0. The van der Waals surface area contributed by atoms with Gasteiger partial charge in [-0.15, -0.1) is 0 Å². The molecule has 0 aliphatic carbocycles. The predicted octanol–water partition coefficient (Wildman–Crippen LogP) is 3.40. The number of alkyl halides is 3. The largest absolute Gasteiger partial charge is 0.467 e. The van der Waals surface area contributed by atoms with Crippen LogP contribution in [0.15, 0.2) is 47.1 Å². The van der Waals surface area contributed by atoms with E-state index in [1.165, 1.54) is 18.4 Å². The van der Waals surface area contributed by atoms with Gasteiger partial charge in [-0.3, -0.25) is 9.59 Å². The van der Waals surface area contributed by atoms with Gasteiger partial charge in [-0.2, -0.15) is 13.2 Å². The van der Waals surface area contributed by atoms with E-state index in [4.69, 9.17) is 16.0 Å². The second-order valence-corrected chi connectivity index (χ2v) is 5.55. The van der Waals surface area contributed by atoms with E-state index < -0.39 is 28.6 Å². The number of hydrogen-bond donors (Lipinski definition) is 2. The number of halogens is 4. The average molecular weight is 387 g/mol. The van der Waals surface area contributed by atoms with Gasteiger partial charge in [0.1, 0.15) is 5.76 Å². The predicted molar refractivity (Wildman–Crippen MR) is 89.1 cm³/mol. The Balaban J connectivity index is 1.84. The molecule has 26 heavy (non-hydrogen) atoms. The fourth-order valence-corrected chi connectivity index (χ4v) is 2.15. The maximum atomic E-state index is 12.8. The highest BCUT2D eigenvalue weighted by Crippen LogP contribution is 2.35. The summed E-state index contributed by atoms with van der Waals surface area (Å²) in [7, 11) is 0. The van der Waals surface area contributed by atoms with Crippen LogP contribution >= 0.6 is 11.6 Å². The third-order valence-corrected chi connectivity index (χ3v) is 3.52. The number of furan rings is 1. The summed E-state index contributed by atoms with van der Waals surface area (Å²) in [6, 6.07) is 6.64. The molecule has 1 aromatic heterocycles. The fraction of sp³-hybridized carbons (Fsp3) is 0.176. The van der Waals surface area contributed by atoms with Crippen molar-refractivity contribution in [3.63, 3.8) is 0 Å². The summed E-state index contributed by atoms with van der Waals surface area (Å²) in [5.74, 6) is -0.497. The molecule has 0 radical (unpaired) electrons. The molecular formula is C17H14ClF3N2O3. The molecular weight excluding hydrogens is 373 g/mol. The van der Waals surface area contributed by atoms with E-state index in [2.05, 4.69) is 10.6 Å². The minimum Gasteiger partial charge on any atom is -0.467 e.